The Balaban J connectivity index is 2.11. The first-order valence-corrected chi connectivity index (χ1v) is 7.10. The Morgan fingerprint density at radius 2 is 1.77 bits per heavy atom. The van der Waals surface area contributed by atoms with Gasteiger partial charge in [-0.15, -0.1) is 0 Å². The minimum absolute atomic E-state index is 0.0615. The molecule has 0 bridgehead atoms. The molecule has 0 aliphatic carbocycles. The molecule has 0 fully saturated rings. The quantitative estimate of drug-likeness (QED) is 0.461. The summed E-state index contributed by atoms with van der Waals surface area (Å²) in [6.45, 7) is 0.0615. The highest BCUT2D eigenvalue weighted by Crippen LogP contribution is 2.33. The summed E-state index contributed by atoms with van der Waals surface area (Å²) in [5.41, 5.74) is 1.05. The first-order chi connectivity index (χ1) is 10.5. The molecule has 116 valence electrons. The van der Waals surface area contributed by atoms with Crippen LogP contribution in [0.3, 0.4) is 0 Å². The van der Waals surface area contributed by atoms with Crippen molar-refractivity contribution in [3.8, 4) is 11.5 Å². The Kier molecular flexibility index (Phi) is 5.21. The number of hydrogen-bond acceptors (Lipinski definition) is 5. The summed E-state index contributed by atoms with van der Waals surface area (Å²) in [5.74, 6) is 0.610. The number of halogens is 1. The van der Waals surface area contributed by atoms with E-state index in [2.05, 4.69) is 15.9 Å². The van der Waals surface area contributed by atoms with Crippen LogP contribution < -0.4 is 14.2 Å². The zero-order valence-electron chi connectivity index (χ0n) is 12.0. The van der Waals surface area contributed by atoms with Crippen molar-refractivity contribution >= 4 is 21.9 Å². The van der Waals surface area contributed by atoms with Crippen LogP contribution in [0, 0.1) is 5.21 Å². The minimum Gasteiger partial charge on any atom is -0.619 e. The molecule has 0 atom stereocenters. The molecule has 0 saturated heterocycles. The van der Waals surface area contributed by atoms with Gasteiger partial charge in [-0.3, -0.25) is 0 Å². The van der Waals surface area contributed by atoms with E-state index in [9.17, 15) is 10.0 Å². The second-order valence-corrected chi connectivity index (χ2v) is 5.18. The average Bonchev–Trinajstić information content (AvgIpc) is 2.53. The summed E-state index contributed by atoms with van der Waals surface area (Å²) in [6, 6.07) is 6.27. The number of pyridine rings is 1. The van der Waals surface area contributed by atoms with Crippen molar-refractivity contribution in [1.82, 2.24) is 0 Å². The third-order valence-corrected chi connectivity index (χ3v) is 3.69. The van der Waals surface area contributed by atoms with Crippen LogP contribution in [-0.4, -0.2) is 20.2 Å². The second kappa shape index (κ2) is 7.13. The maximum atomic E-state index is 11.9. The molecule has 0 N–H and O–H groups in total. The Bertz CT molecular complexity index is 672. The van der Waals surface area contributed by atoms with Gasteiger partial charge in [-0.25, -0.2) is 4.79 Å². The zero-order chi connectivity index (χ0) is 16.1. The van der Waals surface area contributed by atoms with Crippen LogP contribution in [0.1, 0.15) is 15.9 Å². The number of nitrogens with zero attached hydrogens (tertiary/aromatic N) is 1. The highest BCUT2D eigenvalue weighted by Gasteiger charge is 2.13. The number of ether oxygens (including phenoxy) is 3. The molecule has 7 heteroatoms. The van der Waals surface area contributed by atoms with Gasteiger partial charge in [0.1, 0.15) is 6.61 Å². The van der Waals surface area contributed by atoms with E-state index in [4.69, 9.17) is 14.2 Å². The third-order valence-electron chi connectivity index (χ3n) is 2.95. The third kappa shape index (κ3) is 3.67. The molecular formula is C15H14BrNO5. The molecule has 0 saturated carbocycles. The lowest BCUT2D eigenvalue weighted by molar-refractivity contribution is -0.605. The smallest absolute Gasteiger partial charge is 0.338 e. The van der Waals surface area contributed by atoms with Crippen molar-refractivity contribution in [2.24, 2.45) is 0 Å². The predicted molar refractivity (Wildman–Crippen MR) is 81.8 cm³/mol. The van der Waals surface area contributed by atoms with E-state index in [1.165, 1.54) is 31.6 Å². The van der Waals surface area contributed by atoms with Gasteiger partial charge in [0.25, 0.3) is 0 Å². The van der Waals surface area contributed by atoms with Gasteiger partial charge >= 0.3 is 5.97 Å². The van der Waals surface area contributed by atoms with Gasteiger partial charge in [-0.1, -0.05) is 15.9 Å². The first-order valence-electron chi connectivity index (χ1n) is 6.31. The Hall–Kier alpha value is -2.28. The average molecular weight is 368 g/mol. The number of carbonyl (C=O) groups is 1. The summed E-state index contributed by atoms with van der Waals surface area (Å²) in [4.78, 5) is 11.9. The lowest BCUT2D eigenvalue weighted by Crippen LogP contribution is -2.24. The van der Waals surface area contributed by atoms with Crippen LogP contribution in [0.25, 0.3) is 0 Å². The van der Waals surface area contributed by atoms with E-state index >= 15 is 0 Å². The molecule has 0 unspecified atom stereocenters. The predicted octanol–water partition coefficient (Wildman–Crippen LogP) is 2.46. The summed E-state index contributed by atoms with van der Waals surface area (Å²) in [6.07, 6.45) is 2.48. The molecule has 6 nitrogen and oxygen atoms in total. The minimum atomic E-state index is -0.512. The van der Waals surface area contributed by atoms with E-state index in [0.29, 0.717) is 21.8 Å². The molecule has 1 aromatic heterocycles. The topological polar surface area (TPSA) is 71.7 Å². The van der Waals surface area contributed by atoms with Gasteiger partial charge in [-0.05, 0) is 12.1 Å². The molecule has 2 rings (SSSR count). The number of rotatable bonds is 5. The van der Waals surface area contributed by atoms with Crippen molar-refractivity contribution in [3.63, 3.8) is 0 Å². The van der Waals surface area contributed by atoms with Crippen LogP contribution in [0.4, 0.5) is 0 Å². The van der Waals surface area contributed by atoms with Gasteiger partial charge < -0.3 is 19.4 Å². The molecule has 2 aromatic rings. The maximum Gasteiger partial charge on any atom is 0.338 e. The maximum absolute atomic E-state index is 11.9. The van der Waals surface area contributed by atoms with E-state index in [1.54, 1.807) is 19.2 Å². The largest absolute Gasteiger partial charge is 0.619 e. The number of aromatic nitrogens is 1. The van der Waals surface area contributed by atoms with Crippen molar-refractivity contribution in [1.29, 1.82) is 0 Å². The Morgan fingerprint density at radius 3 is 2.36 bits per heavy atom. The molecule has 0 aliphatic heterocycles. The molecule has 22 heavy (non-hydrogen) atoms. The Labute approximate surface area is 135 Å². The highest BCUT2D eigenvalue weighted by molar-refractivity contribution is 9.10. The zero-order valence-corrected chi connectivity index (χ0v) is 13.6. The van der Waals surface area contributed by atoms with Crippen molar-refractivity contribution in [2.45, 2.75) is 6.61 Å². The van der Waals surface area contributed by atoms with E-state index in [-0.39, 0.29) is 6.61 Å². The number of benzene rings is 1. The molecular weight excluding hydrogens is 354 g/mol. The summed E-state index contributed by atoms with van der Waals surface area (Å²) >= 11 is 3.40. The molecule has 0 amide bonds. The van der Waals surface area contributed by atoms with Crippen molar-refractivity contribution < 1.29 is 23.7 Å². The number of carbonyl (C=O) groups excluding carboxylic acids is 1. The van der Waals surface area contributed by atoms with Crippen LogP contribution in [0.15, 0.2) is 41.1 Å². The van der Waals surface area contributed by atoms with Gasteiger partial charge in [0, 0.05) is 22.2 Å². The van der Waals surface area contributed by atoms with E-state index < -0.39 is 5.97 Å². The first kappa shape index (κ1) is 16.1. The van der Waals surface area contributed by atoms with Gasteiger partial charge in [0.05, 0.1) is 19.8 Å². The SMILES string of the molecule is COc1cc(Br)c(COC(=O)c2cc[n+]([O-])cc2)cc1OC. The fraction of sp³-hybridized carbons (Fsp3) is 0.200. The van der Waals surface area contributed by atoms with Crippen LogP contribution in [0.5, 0.6) is 11.5 Å². The number of methoxy groups -OCH3 is 2. The lowest BCUT2D eigenvalue weighted by atomic mass is 10.2. The Morgan fingerprint density at radius 1 is 1.18 bits per heavy atom. The fourth-order valence-corrected chi connectivity index (χ4v) is 2.22. The normalized spacial score (nSPS) is 10.1. The molecule has 1 aromatic carbocycles. The lowest BCUT2D eigenvalue weighted by Gasteiger charge is -2.12. The van der Waals surface area contributed by atoms with Crippen LogP contribution in [0.2, 0.25) is 0 Å². The summed E-state index contributed by atoms with van der Waals surface area (Å²) < 4.78 is 17.0. The van der Waals surface area contributed by atoms with Crippen LogP contribution in [-0.2, 0) is 11.3 Å². The van der Waals surface area contributed by atoms with E-state index in [0.717, 1.165) is 10.0 Å². The van der Waals surface area contributed by atoms with Crippen LogP contribution >= 0.6 is 15.9 Å². The van der Waals surface area contributed by atoms with Gasteiger partial charge in [0.2, 0.25) is 0 Å². The molecule has 0 aliphatic rings. The van der Waals surface area contributed by atoms with Crippen molar-refractivity contribution in [3.05, 3.63) is 57.5 Å². The monoisotopic (exact) mass is 367 g/mol. The molecule has 0 spiro atoms. The van der Waals surface area contributed by atoms with Gasteiger partial charge in [0.15, 0.2) is 23.9 Å². The molecule has 0 radical (unpaired) electrons. The summed E-state index contributed by atoms with van der Waals surface area (Å²) in [7, 11) is 3.07. The molecule has 1 heterocycles. The van der Waals surface area contributed by atoms with Gasteiger partial charge in [-0.2, -0.15) is 4.73 Å². The second-order valence-electron chi connectivity index (χ2n) is 4.32. The standard InChI is InChI=1S/C15H14BrNO5/c1-20-13-7-11(12(16)8-14(13)21-2)9-22-15(18)10-3-5-17(19)6-4-10/h3-8H,9H2,1-2H3. The highest BCUT2D eigenvalue weighted by atomic mass is 79.9. The number of esters is 1. The van der Waals surface area contributed by atoms with E-state index in [1.807, 2.05) is 0 Å². The fourth-order valence-electron chi connectivity index (χ4n) is 1.78. The summed E-state index contributed by atoms with van der Waals surface area (Å²) in [5, 5.41) is 10.9. The number of hydrogen-bond donors (Lipinski definition) is 0. The van der Waals surface area contributed by atoms with Crippen molar-refractivity contribution in [2.75, 3.05) is 14.2 Å².